The molecule has 0 aromatic heterocycles. The lowest BCUT2D eigenvalue weighted by Crippen LogP contribution is -2.45. The van der Waals surface area contributed by atoms with Crippen molar-refractivity contribution >= 4 is 17.8 Å². The molecule has 4 rings (SSSR count). The summed E-state index contributed by atoms with van der Waals surface area (Å²) < 4.78 is 11.4. The van der Waals surface area contributed by atoms with Gasteiger partial charge in [-0.15, -0.1) is 0 Å². The Kier molecular flexibility index (Phi) is 11.2. The Bertz CT molecular complexity index is 1130. The lowest BCUT2D eigenvalue weighted by atomic mass is 9.97. The first-order valence-electron chi connectivity index (χ1n) is 14.3. The Morgan fingerprint density at radius 3 is 2.60 bits per heavy atom. The molecule has 3 atom stereocenters. The van der Waals surface area contributed by atoms with Crippen LogP contribution in [0.2, 0.25) is 0 Å². The number of ether oxygens (including phenoxy) is 2. The van der Waals surface area contributed by atoms with Crippen LogP contribution >= 0.6 is 0 Å². The predicted molar refractivity (Wildman–Crippen MR) is 151 cm³/mol. The molecule has 0 radical (unpaired) electrons. The third-order valence-electron chi connectivity index (χ3n) is 7.48. The molecule has 2 N–H and O–H groups in total. The zero-order valence-corrected chi connectivity index (χ0v) is 23.0. The highest BCUT2D eigenvalue weighted by molar-refractivity contribution is 5.86. The summed E-state index contributed by atoms with van der Waals surface area (Å²) in [6, 6.07) is 17.0. The molecule has 0 aliphatic carbocycles. The second-order valence-electron chi connectivity index (χ2n) is 10.6. The molecule has 2 aromatic carbocycles. The maximum absolute atomic E-state index is 13.4. The number of aliphatic hydroxyl groups is 1. The fourth-order valence-electron chi connectivity index (χ4n) is 5.19. The fourth-order valence-corrected chi connectivity index (χ4v) is 5.19. The van der Waals surface area contributed by atoms with Crippen LogP contribution < -0.4 is 10.1 Å². The summed E-state index contributed by atoms with van der Waals surface area (Å²) in [6.07, 6.45) is 8.19. The van der Waals surface area contributed by atoms with Crippen LogP contribution in [0.5, 0.6) is 5.75 Å². The Labute approximate surface area is 236 Å². The first kappa shape index (κ1) is 29.3. The standard InChI is InChI=1S/C32H40N2O6/c35-21-28-12-8-18-34(28)30(36)20-26-11-6-1-2-7-13-31(37)40-23-27(33-32(26)38)19-24-14-16-29(17-15-24)39-22-25-9-4-3-5-10-25/h1,3-6,9-10,14-17,26-28,35H,2,7-8,11-13,18-23H2,(H,33,38)/t26-,27+,28+/m1/s1. The molecule has 214 valence electrons. The number of nitrogens with one attached hydrogen (secondary N) is 1. The molecule has 2 amide bonds. The molecule has 0 spiro atoms. The first-order chi connectivity index (χ1) is 19.5. The van der Waals surface area contributed by atoms with Crippen molar-refractivity contribution in [1.29, 1.82) is 0 Å². The van der Waals surface area contributed by atoms with E-state index >= 15 is 0 Å². The van der Waals surface area contributed by atoms with Gasteiger partial charge in [0.25, 0.3) is 0 Å². The molecule has 2 heterocycles. The van der Waals surface area contributed by atoms with Crippen LogP contribution in [0.15, 0.2) is 66.7 Å². The summed E-state index contributed by atoms with van der Waals surface area (Å²) >= 11 is 0. The molecule has 1 saturated heterocycles. The SMILES string of the molecule is O=C1CCCC=CC[C@H](CC(=O)N2CCC[C@H]2CO)C(=O)N[C@@H](Cc2ccc(OCc3ccccc3)cc2)CO1. The average molecular weight is 549 g/mol. The van der Waals surface area contributed by atoms with Crippen molar-refractivity contribution in [3.8, 4) is 5.75 Å². The van der Waals surface area contributed by atoms with Gasteiger partial charge in [-0.2, -0.15) is 0 Å². The smallest absolute Gasteiger partial charge is 0.305 e. The minimum atomic E-state index is -0.545. The van der Waals surface area contributed by atoms with E-state index in [2.05, 4.69) is 5.32 Å². The number of aliphatic hydroxyl groups excluding tert-OH is 1. The van der Waals surface area contributed by atoms with E-state index in [9.17, 15) is 19.5 Å². The first-order valence-corrected chi connectivity index (χ1v) is 14.3. The van der Waals surface area contributed by atoms with E-state index in [1.807, 2.05) is 66.7 Å². The van der Waals surface area contributed by atoms with E-state index in [0.717, 1.165) is 29.7 Å². The molecule has 0 saturated carbocycles. The summed E-state index contributed by atoms with van der Waals surface area (Å²) in [5, 5.41) is 12.7. The maximum atomic E-state index is 13.4. The van der Waals surface area contributed by atoms with Crippen molar-refractivity contribution in [2.24, 2.45) is 5.92 Å². The van der Waals surface area contributed by atoms with Crippen molar-refractivity contribution in [2.75, 3.05) is 19.8 Å². The third kappa shape index (κ3) is 8.95. The normalized spacial score (nSPS) is 22.4. The number of amides is 2. The van der Waals surface area contributed by atoms with Crippen LogP contribution in [-0.4, -0.2) is 59.6 Å². The monoisotopic (exact) mass is 548 g/mol. The second kappa shape index (κ2) is 15.2. The number of benzene rings is 2. The van der Waals surface area contributed by atoms with Gasteiger partial charge in [-0.3, -0.25) is 14.4 Å². The van der Waals surface area contributed by atoms with Crippen LogP contribution in [-0.2, 0) is 32.1 Å². The third-order valence-corrected chi connectivity index (χ3v) is 7.48. The van der Waals surface area contributed by atoms with Gasteiger partial charge in [-0.25, -0.2) is 0 Å². The Morgan fingerprint density at radius 1 is 1.02 bits per heavy atom. The fraction of sp³-hybridized carbons (Fsp3) is 0.469. The van der Waals surface area contributed by atoms with Gasteiger partial charge in [0, 0.05) is 19.4 Å². The van der Waals surface area contributed by atoms with Gasteiger partial charge in [0.1, 0.15) is 19.0 Å². The Balaban J connectivity index is 1.41. The van der Waals surface area contributed by atoms with Crippen molar-refractivity contribution < 1.29 is 29.0 Å². The topological polar surface area (TPSA) is 105 Å². The summed E-state index contributed by atoms with van der Waals surface area (Å²) in [5.74, 6) is -0.431. The highest BCUT2D eigenvalue weighted by atomic mass is 16.5. The van der Waals surface area contributed by atoms with E-state index in [0.29, 0.717) is 45.3 Å². The number of carbonyl (C=O) groups is 3. The van der Waals surface area contributed by atoms with Crippen LogP contribution in [0.3, 0.4) is 0 Å². The summed E-state index contributed by atoms with van der Waals surface area (Å²) in [7, 11) is 0. The minimum absolute atomic E-state index is 0.0592. The van der Waals surface area contributed by atoms with Gasteiger partial charge in [-0.05, 0) is 61.8 Å². The number of esters is 1. The number of carbonyl (C=O) groups excluding carboxylic acids is 3. The lowest BCUT2D eigenvalue weighted by molar-refractivity contribution is -0.145. The summed E-state index contributed by atoms with van der Waals surface area (Å²) in [4.78, 5) is 40.5. The number of likely N-dealkylation sites (tertiary alicyclic amines) is 1. The van der Waals surface area contributed by atoms with Gasteiger partial charge in [-0.1, -0.05) is 54.6 Å². The van der Waals surface area contributed by atoms with Crippen LogP contribution in [0.25, 0.3) is 0 Å². The van der Waals surface area contributed by atoms with E-state index in [1.165, 1.54) is 0 Å². The van der Waals surface area contributed by atoms with Gasteiger partial charge < -0.3 is 24.8 Å². The molecule has 0 unspecified atom stereocenters. The van der Waals surface area contributed by atoms with Crippen LogP contribution in [0.4, 0.5) is 0 Å². The summed E-state index contributed by atoms with van der Waals surface area (Å²) in [6.45, 7) is 1.08. The molecular weight excluding hydrogens is 508 g/mol. The molecule has 0 bridgehead atoms. The summed E-state index contributed by atoms with van der Waals surface area (Å²) in [5.41, 5.74) is 2.05. The van der Waals surface area contributed by atoms with Crippen molar-refractivity contribution in [3.63, 3.8) is 0 Å². The minimum Gasteiger partial charge on any atom is -0.489 e. The largest absolute Gasteiger partial charge is 0.489 e. The van der Waals surface area contributed by atoms with E-state index in [4.69, 9.17) is 9.47 Å². The highest BCUT2D eigenvalue weighted by Gasteiger charge is 2.32. The number of hydrogen-bond donors (Lipinski definition) is 2. The molecule has 2 aromatic rings. The second-order valence-corrected chi connectivity index (χ2v) is 10.6. The Morgan fingerprint density at radius 2 is 1.82 bits per heavy atom. The number of hydrogen-bond acceptors (Lipinski definition) is 6. The van der Waals surface area contributed by atoms with Crippen LogP contribution in [0, 0.1) is 5.92 Å². The zero-order valence-electron chi connectivity index (χ0n) is 23.0. The van der Waals surface area contributed by atoms with Crippen LogP contribution in [0.1, 0.15) is 56.1 Å². The predicted octanol–water partition coefficient (Wildman–Crippen LogP) is 3.96. The molecule has 40 heavy (non-hydrogen) atoms. The van der Waals surface area contributed by atoms with Crippen molar-refractivity contribution in [3.05, 3.63) is 77.9 Å². The van der Waals surface area contributed by atoms with E-state index in [-0.39, 0.29) is 43.5 Å². The number of allylic oxidation sites excluding steroid dienone is 2. The lowest BCUT2D eigenvalue weighted by Gasteiger charge is -2.26. The quantitative estimate of drug-likeness (QED) is 0.382. The number of cyclic esters (lactones) is 1. The Hall–Kier alpha value is -3.65. The molecule has 1 fully saturated rings. The van der Waals surface area contributed by atoms with Gasteiger partial charge in [0.15, 0.2) is 0 Å². The molecular formula is C32H40N2O6. The molecule has 2 aliphatic rings. The average Bonchev–Trinajstić information content (AvgIpc) is 3.46. The van der Waals surface area contributed by atoms with Crippen molar-refractivity contribution in [1.82, 2.24) is 10.2 Å². The highest BCUT2D eigenvalue weighted by Crippen LogP contribution is 2.22. The maximum Gasteiger partial charge on any atom is 0.305 e. The molecule has 8 nitrogen and oxygen atoms in total. The van der Waals surface area contributed by atoms with Gasteiger partial charge in [0.05, 0.1) is 24.6 Å². The van der Waals surface area contributed by atoms with Crippen molar-refractivity contribution in [2.45, 2.75) is 70.1 Å². The number of rotatable bonds is 8. The number of nitrogens with zero attached hydrogens (tertiary/aromatic N) is 1. The zero-order chi connectivity index (χ0) is 28.2. The van der Waals surface area contributed by atoms with E-state index < -0.39 is 12.0 Å². The molecule has 2 aliphatic heterocycles. The van der Waals surface area contributed by atoms with Gasteiger partial charge in [0.2, 0.25) is 11.8 Å². The molecule has 8 heteroatoms. The van der Waals surface area contributed by atoms with Gasteiger partial charge >= 0.3 is 5.97 Å². The van der Waals surface area contributed by atoms with E-state index in [1.54, 1.807) is 4.90 Å².